The van der Waals surface area contributed by atoms with Crippen molar-refractivity contribution in [3.63, 3.8) is 0 Å². The van der Waals surface area contributed by atoms with E-state index in [4.69, 9.17) is 0 Å². The Kier molecular flexibility index (Phi) is 2.74. The summed E-state index contributed by atoms with van der Waals surface area (Å²) in [5.41, 5.74) is -0.0268. The second-order valence-corrected chi connectivity index (χ2v) is 3.92. The van der Waals surface area contributed by atoms with E-state index in [0.29, 0.717) is 17.1 Å². The summed E-state index contributed by atoms with van der Waals surface area (Å²) in [5, 5.41) is 3.05. The van der Waals surface area contributed by atoms with Crippen LogP contribution >= 0.6 is 0 Å². The smallest absolute Gasteiger partial charge is 0.332 e. The summed E-state index contributed by atoms with van der Waals surface area (Å²) in [6.07, 6.45) is 0.952. The maximum Gasteiger partial charge on any atom is 0.332 e. The van der Waals surface area contributed by atoms with Crippen LogP contribution < -0.4 is 16.6 Å². The lowest BCUT2D eigenvalue weighted by molar-refractivity contribution is 0.709. The fourth-order valence-electron chi connectivity index (χ4n) is 1.65. The molecule has 0 aliphatic heterocycles. The van der Waals surface area contributed by atoms with Crippen LogP contribution in [0.2, 0.25) is 0 Å². The molecule has 2 aromatic heterocycles. The summed E-state index contributed by atoms with van der Waals surface area (Å²) in [6.45, 7) is 2.79. The molecular weight excluding hydrogens is 222 g/mol. The summed E-state index contributed by atoms with van der Waals surface area (Å²) in [7, 11) is 3.04. The number of fused-ring (bicyclic) bond motifs is 1. The zero-order valence-corrected chi connectivity index (χ0v) is 10.1. The first-order valence-corrected chi connectivity index (χ1v) is 5.45. The van der Waals surface area contributed by atoms with Crippen LogP contribution in [-0.2, 0) is 14.1 Å². The van der Waals surface area contributed by atoms with Crippen LogP contribution in [0.25, 0.3) is 11.2 Å². The van der Waals surface area contributed by atoms with Gasteiger partial charge in [-0.25, -0.2) is 4.79 Å². The van der Waals surface area contributed by atoms with Crippen molar-refractivity contribution in [2.75, 3.05) is 11.9 Å². The number of H-pyrrole nitrogens is 1. The van der Waals surface area contributed by atoms with Crippen molar-refractivity contribution < 1.29 is 0 Å². The van der Waals surface area contributed by atoms with Gasteiger partial charge < -0.3 is 10.3 Å². The first-order chi connectivity index (χ1) is 8.06. The van der Waals surface area contributed by atoms with E-state index in [1.54, 1.807) is 7.05 Å². The van der Waals surface area contributed by atoms with Crippen LogP contribution in [0.3, 0.4) is 0 Å². The van der Waals surface area contributed by atoms with E-state index >= 15 is 0 Å². The Bertz CT molecular complexity index is 664. The Morgan fingerprint density at radius 3 is 2.65 bits per heavy atom. The molecule has 0 fully saturated rings. The molecule has 17 heavy (non-hydrogen) atoms. The molecule has 0 aliphatic carbocycles. The lowest BCUT2D eigenvalue weighted by Crippen LogP contribution is -2.36. The third kappa shape index (κ3) is 1.73. The molecule has 0 radical (unpaired) electrons. The summed E-state index contributed by atoms with van der Waals surface area (Å²) < 4.78 is 2.41. The lowest BCUT2D eigenvalue weighted by Gasteiger charge is -2.00. The van der Waals surface area contributed by atoms with E-state index in [0.717, 1.165) is 17.5 Å². The van der Waals surface area contributed by atoms with Gasteiger partial charge in [-0.2, -0.15) is 4.98 Å². The number of hydrogen-bond acceptors (Lipinski definition) is 4. The lowest BCUT2D eigenvalue weighted by atomic mass is 10.5. The van der Waals surface area contributed by atoms with Crippen LogP contribution in [0.1, 0.15) is 13.3 Å². The summed E-state index contributed by atoms with van der Waals surface area (Å²) in [5.74, 6) is 0.514. The minimum Gasteiger partial charge on any atom is -0.356 e. The second-order valence-electron chi connectivity index (χ2n) is 3.92. The molecule has 0 unspecified atom stereocenters. The SMILES string of the molecule is CCCNc1nc2c([nH]1)c(=O)n(C)c(=O)n2C. The first kappa shape index (κ1) is 11.4. The number of nitrogens with one attached hydrogen (secondary N) is 2. The average Bonchev–Trinajstić information content (AvgIpc) is 2.75. The monoisotopic (exact) mass is 237 g/mol. The predicted octanol–water partition coefficient (Wildman–Crippen LogP) is -0.218. The Morgan fingerprint density at radius 2 is 2.00 bits per heavy atom. The average molecular weight is 237 g/mol. The van der Waals surface area contributed by atoms with Crippen molar-refractivity contribution in [3.8, 4) is 0 Å². The van der Waals surface area contributed by atoms with E-state index in [-0.39, 0.29) is 11.2 Å². The van der Waals surface area contributed by atoms with Crippen molar-refractivity contribution in [1.29, 1.82) is 0 Å². The van der Waals surface area contributed by atoms with Gasteiger partial charge in [0.05, 0.1) is 0 Å². The standard InChI is InChI=1S/C10H15N5O2/c1-4-5-11-9-12-6-7(13-9)14(2)10(17)15(3)8(6)16/h4-5H2,1-3H3,(H2,11,12,13). The third-order valence-electron chi connectivity index (χ3n) is 2.64. The number of rotatable bonds is 3. The Hall–Kier alpha value is -2.05. The van der Waals surface area contributed by atoms with E-state index in [1.165, 1.54) is 11.6 Å². The molecule has 0 saturated heterocycles. The zero-order valence-electron chi connectivity index (χ0n) is 10.1. The molecule has 0 aromatic carbocycles. The molecule has 2 rings (SSSR count). The van der Waals surface area contributed by atoms with Gasteiger partial charge in [-0.05, 0) is 6.42 Å². The van der Waals surface area contributed by atoms with Gasteiger partial charge in [-0.1, -0.05) is 6.92 Å². The van der Waals surface area contributed by atoms with Crippen LogP contribution in [0.15, 0.2) is 9.59 Å². The molecular formula is C10H15N5O2. The van der Waals surface area contributed by atoms with E-state index in [2.05, 4.69) is 15.3 Å². The van der Waals surface area contributed by atoms with Gasteiger partial charge >= 0.3 is 5.69 Å². The molecule has 0 bridgehead atoms. The number of imidazole rings is 1. The van der Waals surface area contributed by atoms with Crippen LogP contribution in [0.4, 0.5) is 5.95 Å². The number of aryl methyl sites for hydroxylation is 1. The van der Waals surface area contributed by atoms with Gasteiger partial charge in [0.25, 0.3) is 5.56 Å². The van der Waals surface area contributed by atoms with Crippen LogP contribution in [0, 0.1) is 0 Å². The summed E-state index contributed by atoms with van der Waals surface area (Å²) in [4.78, 5) is 30.6. The molecule has 0 amide bonds. The van der Waals surface area contributed by atoms with Crippen LogP contribution in [0.5, 0.6) is 0 Å². The topological polar surface area (TPSA) is 84.7 Å². The number of nitrogens with zero attached hydrogens (tertiary/aromatic N) is 3. The van der Waals surface area contributed by atoms with Crippen molar-refractivity contribution in [2.24, 2.45) is 14.1 Å². The highest BCUT2D eigenvalue weighted by Crippen LogP contribution is 2.07. The molecule has 7 nitrogen and oxygen atoms in total. The molecule has 0 saturated carbocycles. The highest BCUT2D eigenvalue weighted by atomic mass is 16.2. The maximum atomic E-state index is 11.8. The summed E-state index contributed by atoms with van der Waals surface area (Å²) >= 11 is 0. The van der Waals surface area contributed by atoms with Gasteiger partial charge in [0.2, 0.25) is 5.95 Å². The largest absolute Gasteiger partial charge is 0.356 e. The van der Waals surface area contributed by atoms with Gasteiger partial charge in [0.1, 0.15) is 0 Å². The number of anilines is 1. The maximum absolute atomic E-state index is 11.8. The van der Waals surface area contributed by atoms with Crippen molar-refractivity contribution in [3.05, 3.63) is 20.8 Å². The first-order valence-electron chi connectivity index (χ1n) is 5.45. The highest BCUT2D eigenvalue weighted by Gasteiger charge is 2.12. The molecule has 2 heterocycles. The fourth-order valence-corrected chi connectivity index (χ4v) is 1.65. The number of aromatic amines is 1. The minimum atomic E-state index is -0.379. The van der Waals surface area contributed by atoms with Gasteiger partial charge in [-0.15, -0.1) is 0 Å². The number of hydrogen-bond donors (Lipinski definition) is 2. The van der Waals surface area contributed by atoms with E-state index in [1.807, 2.05) is 6.92 Å². The van der Waals surface area contributed by atoms with Crippen molar-refractivity contribution >= 4 is 17.1 Å². The molecule has 2 aromatic rings. The van der Waals surface area contributed by atoms with Gasteiger partial charge in [0.15, 0.2) is 11.2 Å². The van der Waals surface area contributed by atoms with Crippen LogP contribution in [-0.4, -0.2) is 25.6 Å². The van der Waals surface area contributed by atoms with E-state index < -0.39 is 0 Å². The molecule has 92 valence electrons. The Balaban J connectivity index is 2.69. The highest BCUT2D eigenvalue weighted by molar-refractivity contribution is 5.72. The molecule has 2 N–H and O–H groups in total. The number of aromatic nitrogens is 4. The Labute approximate surface area is 97.1 Å². The molecule has 0 aliphatic rings. The molecule has 0 spiro atoms. The summed E-state index contributed by atoms with van der Waals surface area (Å²) in [6, 6.07) is 0. The third-order valence-corrected chi connectivity index (χ3v) is 2.64. The molecule has 0 atom stereocenters. The normalized spacial score (nSPS) is 11.0. The zero-order chi connectivity index (χ0) is 12.6. The van der Waals surface area contributed by atoms with Gasteiger partial charge in [0, 0.05) is 20.6 Å². The molecule has 7 heteroatoms. The quantitative estimate of drug-likeness (QED) is 0.773. The van der Waals surface area contributed by atoms with E-state index in [9.17, 15) is 9.59 Å². The second kappa shape index (κ2) is 4.08. The Morgan fingerprint density at radius 1 is 1.29 bits per heavy atom. The fraction of sp³-hybridized carbons (Fsp3) is 0.500. The van der Waals surface area contributed by atoms with Gasteiger partial charge in [-0.3, -0.25) is 13.9 Å². The van der Waals surface area contributed by atoms with Crippen molar-refractivity contribution in [2.45, 2.75) is 13.3 Å². The predicted molar refractivity (Wildman–Crippen MR) is 65.4 cm³/mol. The van der Waals surface area contributed by atoms with Crippen molar-refractivity contribution in [1.82, 2.24) is 19.1 Å². The minimum absolute atomic E-state index is 0.341.